The van der Waals surface area contributed by atoms with Crippen LogP contribution < -0.4 is 10.6 Å². The van der Waals surface area contributed by atoms with Crippen LogP contribution in [0, 0.1) is 17.7 Å². The number of methoxy groups -OCH3 is 1. The third-order valence-electron chi connectivity index (χ3n) is 8.11. The summed E-state index contributed by atoms with van der Waals surface area (Å²) in [5.41, 5.74) is -1.11. The number of nitrogens with one attached hydrogen (secondary N) is 2. The Morgan fingerprint density at radius 2 is 1.97 bits per heavy atom. The van der Waals surface area contributed by atoms with E-state index >= 15 is 0 Å². The molecular formula is C28H44F3N3O3. The van der Waals surface area contributed by atoms with Crippen LogP contribution >= 0.6 is 0 Å². The summed E-state index contributed by atoms with van der Waals surface area (Å²) in [7, 11) is 3.44. The summed E-state index contributed by atoms with van der Waals surface area (Å²) in [4.78, 5) is 15.0. The number of likely N-dealkylation sites (N-methyl/N-ethyl adjacent to an activating group) is 1. The maximum atomic E-state index is 14.9. The second-order valence-corrected chi connectivity index (χ2v) is 10.9. The molecule has 2 aliphatic rings. The van der Waals surface area contributed by atoms with Crippen molar-refractivity contribution in [2.24, 2.45) is 11.8 Å². The van der Waals surface area contributed by atoms with Crippen molar-refractivity contribution in [2.75, 3.05) is 40.4 Å². The van der Waals surface area contributed by atoms with Crippen LogP contribution in [0.25, 0.3) is 0 Å². The third-order valence-corrected chi connectivity index (χ3v) is 8.11. The Bertz CT molecular complexity index is 849. The van der Waals surface area contributed by atoms with E-state index in [1.54, 1.807) is 30.2 Å². The number of urea groups is 1. The molecule has 6 nitrogen and oxygen atoms in total. The van der Waals surface area contributed by atoms with Gasteiger partial charge in [-0.25, -0.2) is 18.0 Å². The molecule has 0 aromatic heterocycles. The monoisotopic (exact) mass is 527 g/mol. The molecule has 2 amide bonds. The first-order chi connectivity index (χ1) is 17.7. The average Bonchev–Trinajstić information content (AvgIpc) is 2.88. The van der Waals surface area contributed by atoms with E-state index in [2.05, 4.69) is 10.6 Å². The van der Waals surface area contributed by atoms with Crippen molar-refractivity contribution >= 4 is 6.03 Å². The molecule has 3 N–H and O–H groups in total. The number of halogens is 3. The number of nitrogens with zero attached hydrogens (tertiary/aromatic N) is 1. The van der Waals surface area contributed by atoms with Crippen molar-refractivity contribution in [3.05, 3.63) is 35.6 Å². The van der Waals surface area contributed by atoms with Gasteiger partial charge in [0.1, 0.15) is 5.82 Å². The highest BCUT2D eigenvalue weighted by Crippen LogP contribution is 2.41. The van der Waals surface area contributed by atoms with Gasteiger partial charge in [-0.1, -0.05) is 18.2 Å². The second-order valence-electron chi connectivity index (χ2n) is 10.9. The molecule has 2 fully saturated rings. The Morgan fingerprint density at radius 3 is 2.65 bits per heavy atom. The van der Waals surface area contributed by atoms with Crippen molar-refractivity contribution in [3.63, 3.8) is 0 Å². The van der Waals surface area contributed by atoms with E-state index in [1.165, 1.54) is 6.07 Å². The highest BCUT2D eigenvalue weighted by molar-refractivity contribution is 5.74. The minimum Gasteiger partial charge on any atom is -0.385 e. The molecule has 1 aromatic rings. The number of amides is 2. The highest BCUT2D eigenvalue weighted by Gasteiger charge is 2.43. The number of hydrogen-bond acceptors (Lipinski definition) is 4. The topological polar surface area (TPSA) is 73.8 Å². The molecule has 0 spiro atoms. The molecule has 210 valence electrons. The Balaban J connectivity index is 1.67. The van der Waals surface area contributed by atoms with Crippen LogP contribution in [0.3, 0.4) is 0 Å². The van der Waals surface area contributed by atoms with E-state index in [-0.39, 0.29) is 42.3 Å². The Labute approximate surface area is 219 Å². The van der Waals surface area contributed by atoms with Gasteiger partial charge >= 0.3 is 6.03 Å². The molecule has 3 atom stereocenters. The standard InChI is InChI=1S/C28H44F3N3O3/c1-32-19-23(18-21-11-14-27(30,31)15-12-21)33-26(35)34-16-7-8-22(20-34)28(36,13-5-6-17-37-2)24-9-3-4-10-25(24)29/h3-4,9-10,21-23,32,36H,5-8,11-20H2,1-2H3,(H,33,35)/t22?,23?,28-/m0/s1. The smallest absolute Gasteiger partial charge is 0.317 e. The zero-order valence-electron chi connectivity index (χ0n) is 22.3. The van der Waals surface area contributed by atoms with Crippen LogP contribution in [-0.4, -0.2) is 68.4 Å². The summed E-state index contributed by atoms with van der Waals surface area (Å²) in [6.45, 7) is 2.00. The molecular weight excluding hydrogens is 483 g/mol. The Hall–Kier alpha value is -1.84. The summed E-state index contributed by atoms with van der Waals surface area (Å²) < 4.78 is 47.2. The van der Waals surface area contributed by atoms with Crippen molar-refractivity contribution in [1.29, 1.82) is 0 Å². The lowest BCUT2D eigenvalue weighted by Gasteiger charge is -2.43. The summed E-state index contributed by atoms with van der Waals surface area (Å²) in [5.74, 6) is -3.16. The van der Waals surface area contributed by atoms with Gasteiger partial charge in [0.15, 0.2) is 0 Å². The predicted molar refractivity (Wildman–Crippen MR) is 138 cm³/mol. The zero-order valence-corrected chi connectivity index (χ0v) is 22.3. The first kappa shape index (κ1) is 29.7. The van der Waals surface area contributed by atoms with Crippen LogP contribution in [0.5, 0.6) is 0 Å². The summed E-state index contributed by atoms with van der Waals surface area (Å²) in [5, 5.41) is 18.1. The van der Waals surface area contributed by atoms with Gasteiger partial charge < -0.3 is 25.4 Å². The molecule has 1 saturated heterocycles. The second kappa shape index (κ2) is 13.8. The number of piperidine rings is 1. The molecule has 2 unspecified atom stereocenters. The minimum absolute atomic E-state index is 0.0926. The number of likely N-dealkylation sites (tertiary alicyclic amines) is 1. The minimum atomic E-state index is -2.57. The van der Waals surface area contributed by atoms with E-state index in [4.69, 9.17) is 4.74 Å². The number of ether oxygens (including phenoxy) is 1. The van der Waals surface area contributed by atoms with E-state index < -0.39 is 17.3 Å². The van der Waals surface area contributed by atoms with Gasteiger partial charge in [-0.15, -0.1) is 0 Å². The molecule has 9 heteroatoms. The molecule has 1 saturated carbocycles. The fourth-order valence-electron chi connectivity index (χ4n) is 6.01. The number of benzene rings is 1. The fourth-order valence-corrected chi connectivity index (χ4v) is 6.01. The third kappa shape index (κ3) is 8.32. The summed E-state index contributed by atoms with van der Waals surface area (Å²) in [6.07, 6.45) is 4.60. The van der Waals surface area contributed by atoms with Gasteiger partial charge in [-0.3, -0.25) is 0 Å². The largest absolute Gasteiger partial charge is 0.385 e. The average molecular weight is 528 g/mol. The lowest BCUT2D eigenvalue weighted by Crippen LogP contribution is -2.54. The predicted octanol–water partition coefficient (Wildman–Crippen LogP) is 5.06. The first-order valence-electron chi connectivity index (χ1n) is 13.7. The zero-order chi connectivity index (χ0) is 26.9. The summed E-state index contributed by atoms with van der Waals surface area (Å²) in [6, 6.07) is 5.96. The van der Waals surface area contributed by atoms with E-state index in [1.807, 2.05) is 7.05 Å². The quantitative estimate of drug-likeness (QED) is 0.333. The number of hydrogen-bond donors (Lipinski definition) is 3. The number of rotatable bonds is 12. The first-order valence-corrected chi connectivity index (χ1v) is 13.7. The van der Waals surface area contributed by atoms with Gasteiger partial charge in [0.05, 0.1) is 5.60 Å². The molecule has 1 aliphatic carbocycles. The highest BCUT2D eigenvalue weighted by atomic mass is 19.3. The lowest BCUT2D eigenvalue weighted by molar-refractivity contribution is -0.0590. The van der Waals surface area contributed by atoms with Gasteiger partial charge in [0, 0.05) is 63.7 Å². The number of alkyl halides is 2. The fraction of sp³-hybridized carbons (Fsp3) is 0.750. The lowest BCUT2D eigenvalue weighted by atomic mass is 9.74. The molecule has 3 rings (SSSR count). The molecule has 37 heavy (non-hydrogen) atoms. The Morgan fingerprint density at radius 1 is 1.24 bits per heavy atom. The van der Waals surface area contributed by atoms with Crippen molar-refractivity contribution in [1.82, 2.24) is 15.5 Å². The van der Waals surface area contributed by atoms with Gasteiger partial charge in [-0.05, 0) is 70.4 Å². The molecule has 1 aromatic carbocycles. The summed E-state index contributed by atoms with van der Waals surface area (Å²) >= 11 is 0. The maximum absolute atomic E-state index is 14.9. The number of unbranched alkanes of at least 4 members (excludes halogenated alkanes) is 1. The van der Waals surface area contributed by atoms with E-state index in [0.717, 1.165) is 6.42 Å². The van der Waals surface area contributed by atoms with Crippen LogP contribution in [0.4, 0.5) is 18.0 Å². The van der Waals surface area contributed by atoms with Crippen molar-refractivity contribution in [2.45, 2.75) is 81.8 Å². The van der Waals surface area contributed by atoms with Gasteiger partial charge in [0.2, 0.25) is 5.92 Å². The molecule has 0 radical (unpaired) electrons. The van der Waals surface area contributed by atoms with Crippen LogP contribution in [0.1, 0.15) is 69.8 Å². The molecule has 1 heterocycles. The van der Waals surface area contributed by atoms with Gasteiger partial charge in [-0.2, -0.15) is 0 Å². The molecule has 1 aliphatic heterocycles. The maximum Gasteiger partial charge on any atom is 0.317 e. The van der Waals surface area contributed by atoms with E-state index in [0.29, 0.717) is 71.2 Å². The molecule has 0 bridgehead atoms. The van der Waals surface area contributed by atoms with E-state index in [9.17, 15) is 23.1 Å². The van der Waals surface area contributed by atoms with Crippen LogP contribution in [0.15, 0.2) is 24.3 Å². The van der Waals surface area contributed by atoms with Gasteiger partial charge in [0.25, 0.3) is 0 Å². The SMILES string of the molecule is CNCC(CC1CCC(F)(F)CC1)NC(=O)N1CCCC([C@@](O)(CCCCOC)c2ccccc2F)C1. The number of carbonyl (C=O) groups is 1. The van der Waals surface area contributed by atoms with Crippen molar-refractivity contribution < 1.29 is 27.8 Å². The number of aliphatic hydroxyl groups is 1. The van der Waals surface area contributed by atoms with Crippen molar-refractivity contribution in [3.8, 4) is 0 Å². The van der Waals surface area contributed by atoms with Crippen LogP contribution in [0.2, 0.25) is 0 Å². The Kier molecular flexibility index (Phi) is 11.1. The number of carbonyl (C=O) groups excluding carboxylic acids is 1. The van der Waals surface area contributed by atoms with Crippen LogP contribution in [-0.2, 0) is 10.3 Å². The normalized spacial score (nSPS) is 22.9.